The monoisotopic (exact) mass is 866 g/mol. The molecule has 2 aliphatic heterocycles. The van der Waals surface area contributed by atoms with E-state index in [0.29, 0.717) is 35.8 Å². The summed E-state index contributed by atoms with van der Waals surface area (Å²) in [4.78, 5) is 2.31. The summed E-state index contributed by atoms with van der Waals surface area (Å²) in [5.41, 5.74) is 13.4. The molecule has 0 spiro atoms. The highest BCUT2D eigenvalue weighted by atomic mass is 16.5. The number of ether oxygens (including phenoxy) is 2. The Hall–Kier alpha value is -7.04. The van der Waals surface area contributed by atoms with Crippen LogP contribution in [0.15, 0.2) is 194 Å². The van der Waals surface area contributed by atoms with Crippen LogP contribution in [0.4, 0.5) is 11.4 Å². The Morgan fingerprint density at radius 1 is 0.333 bits per heavy atom. The molecule has 0 N–H and O–H groups in total. The molecular formula is C62H62N2O2. The van der Waals surface area contributed by atoms with E-state index in [4.69, 9.17) is 9.47 Å². The molecule has 12 rings (SSSR count). The number of hydrogen-bond acceptors (Lipinski definition) is 3. The van der Waals surface area contributed by atoms with Crippen molar-refractivity contribution in [1.82, 2.24) is 4.57 Å². The van der Waals surface area contributed by atoms with Crippen molar-refractivity contribution >= 4 is 33.2 Å². The number of benzene rings is 8. The van der Waals surface area contributed by atoms with Gasteiger partial charge < -0.3 is 18.9 Å². The van der Waals surface area contributed by atoms with Crippen LogP contribution in [0.25, 0.3) is 32.9 Å². The van der Waals surface area contributed by atoms with Gasteiger partial charge in [0.15, 0.2) is 11.5 Å². The molecule has 0 fully saturated rings. The molecule has 3 aliphatic rings. The standard InChI is InChI=1S/C16H16O.C16H16.C15H15NO.C15H15N/c1-11(2)16-12-7-3-5-9-14(12)17-15-10-6-4-8-13(15)16;1-11(2)16-14-9-5-3-7-12(14)13-8-4-6-10-15(13)16;1-11(2)16-12-7-3-5-9-14(12)17-15-10-6-4-8-13(15)16;1-11(2)16-14-9-5-3-7-12(14)13-8-4-6-10-15(13)16/h3-11,16H,1-2H3;3-11,16H,1-2H3;3-11H,1-2H3;3-11H,1-2H3. The molecule has 8 aromatic carbocycles. The third-order valence-corrected chi connectivity index (χ3v) is 13.1. The number of para-hydroxylation sites is 8. The van der Waals surface area contributed by atoms with Crippen molar-refractivity contribution in [2.75, 3.05) is 4.90 Å². The molecule has 1 aromatic heterocycles. The first-order chi connectivity index (χ1) is 32.1. The fraction of sp³-hybridized carbons (Fsp3) is 0.226. The molecule has 4 heteroatoms. The third kappa shape index (κ3) is 8.49. The molecule has 3 heterocycles. The van der Waals surface area contributed by atoms with Crippen molar-refractivity contribution in [3.63, 3.8) is 0 Å². The van der Waals surface area contributed by atoms with Gasteiger partial charge in [-0.1, -0.05) is 173 Å². The van der Waals surface area contributed by atoms with E-state index in [1.807, 2.05) is 48.5 Å². The van der Waals surface area contributed by atoms with E-state index in [9.17, 15) is 0 Å². The summed E-state index contributed by atoms with van der Waals surface area (Å²) >= 11 is 0. The van der Waals surface area contributed by atoms with Gasteiger partial charge in [0.25, 0.3) is 0 Å². The van der Waals surface area contributed by atoms with Crippen LogP contribution in [-0.2, 0) is 0 Å². The Morgan fingerprint density at radius 2 is 0.667 bits per heavy atom. The summed E-state index contributed by atoms with van der Waals surface area (Å²) in [6, 6.07) is 68.8. The maximum absolute atomic E-state index is 5.96. The van der Waals surface area contributed by atoms with Crippen molar-refractivity contribution in [2.45, 2.75) is 79.3 Å². The Bertz CT molecular complexity index is 2810. The maximum Gasteiger partial charge on any atom is 0.151 e. The number of rotatable bonds is 4. The Morgan fingerprint density at radius 3 is 1.09 bits per heavy atom. The summed E-state index contributed by atoms with van der Waals surface area (Å²) in [6.07, 6.45) is 0. The normalized spacial score (nSPS) is 13.2. The quantitative estimate of drug-likeness (QED) is 0.176. The lowest BCUT2D eigenvalue weighted by molar-refractivity contribution is 0.419. The molecule has 0 bridgehead atoms. The third-order valence-electron chi connectivity index (χ3n) is 13.1. The second-order valence-electron chi connectivity index (χ2n) is 18.8. The SMILES string of the molecule is CC(C)C1c2ccccc2-c2ccccc21.CC(C)C1c2ccccc2Oc2ccccc21.CC(C)N1c2ccccc2Oc2ccccc21.CC(C)n1c2ccccc2c2ccccc21. The van der Waals surface area contributed by atoms with E-state index < -0.39 is 0 Å². The van der Waals surface area contributed by atoms with E-state index in [2.05, 4.69) is 210 Å². The highest BCUT2D eigenvalue weighted by molar-refractivity contribution is 6.08. The van der Waals surface area contributed by atoms with E-state index in [-0.39, 0.29) is 0 Å². The van der Waals surface area contributed by atoms with Crippen LogP contribution in [0.3, 0.4) is 0 Å². The predicted molar refractivity (Wildman–Crippen MR) is 278 cm³/mol. The number of anilines is 2. The van der Waals surface area contributed by atoms with Gasteiger partial charge in [0.2, 0.25) is 0 Å². The van der Waals surface area contributed by atoms with E-state index in [1.54, 1.807) is 0 Å². The molecule has 1 aliphatic carbocycles. The number of hydrogen-bond donors (Lipinski definition) is 0. The molecule has 332 valence electrons. The molecule has 9 aromatic rings. The van der Waals surface area contributed by atoms with Gasteiger partial charge in [0.05, 0.1) is 11.4 Å². The molecule has 0 atom stereocenters. The molecule has 4 nitrogen and oxygen atoms in total. The molecule has 0 unspecified atom stereocenters. The minimum Gasteiger partial charge on any atom is -0.457 e. The van der Waals surface area contributed by atoms with Crippen LogP contribution < -0.4 is 14.4 Å². The molecular weight excluding hydrogens is 805 g/mol. The molecule has 0 radical (unpaired) electrons. The minimum atomic E-state index is 0.404. The van der Waals surface area contributed by atoms with E-state index in [0.717, 1.165) is 34.4 Å². The van der Waals surface area contributed by atoms with Gasteiger partial charge >= 0.3 is 0 Å². The summed E-state index contributed by atoms with van der Waals surface area (Å²) in [6.45, 7) is 18.0. The van der Waals surface area contributed by atoms with Gasteiger partial charge in [-0.05, 0) is 110 Å². The second-order valence-corrected chi connectivity index (χ2v) is 18.8. The highest BCUT2D eigenvalue weighted by Gasteiger charge is 2.31. The zero-order chi connectivity index (χ0) is 45.9. The van der Waals surface area contributed by atoms with E-state index >= 15 is 0 Å². The van der Waals surface area contributed by atoms with Gasteiger partial charge in [-0.15, -0.1) is 0 Å². The van der Waals surface area contributed by atoms with Crippen molar-refractivity contribution < 1.29 is 9.47 Å². The fourth-order valence-electron chi connectivity index (χ4n) is 10.4. The molecule has 0 saturated heterocycles. The van der Waals surface area contributed by atoms with Crippen molar-refractivity contribution in [2.24, 2.45) is 11.8 Å². The smallest absolute Gasteiger partial charge is 0.151 e. The van der Waals surface area contributed by atoms with Crippen LogP contribution in [0.1, 0.15) is 95.5 Å². The Balaban J connectivity index is 0.000000111. The summed E-state index contributed by atoms with van der Waals surface area (Å²) in [7, 11) is 0. The lowest BCUT2D eigenvalue weighted by Gasteiger charge is -2.35. The highest BCUT2D eigenvalue weighted by Crippen LogP contribution is 2.49. The minimum absolute atomic E-state index is 0.404. The second kappa shape index (κ2) is 19.2. The summed E-state index contributed by atoms with van der Waals surface area (Å²) < 4.78 is 14.3. The number of aromatic nitrogens is 1. The first-order valence-electron chi connectivity index (χ1n) is 23.8. The predicted octanol–water partition coefficient (Wildman–Crippen LogP) is 17.7. The lowest BCUT2D eigenvalue weighted by atomic mass is 9.80. The zero-order valence-corrected chi connectivity index (χ0v) is 39.7. The Labute approximate surface area is 392 Å². The Kier molecular flexibility index (Phi) is 12.9. The number of fused-ring (bicyclic) bond motifs is 10. The van der Waals surface area contributed by atoms with Crippen molar-refractivity contribution in [1.29, 1.82) is 0 Å². The average molecular weight is 867 g/mol. The zero-order valence-electron chi connectivity index (χ0n) is 39.7. The maximum atomic E-state index is 5.96. The topological polar surface area (TPSA) is 26.6 Å². The van der Waals surface area contributed by atoms with Crippen LogP contribution in [0, 0.1) is 11.8 Å². The van der Waals surface area contributed by atoms with Gasteiger partial charge in [-0.3, -0.25) is 0 Å². The van der Waals surface area contributed by atoms with Crippen LogP contribution in [-0.4, -0.2) is 10.6 Å². The van der Waals surface area contributed by atoms with Crippen LogP contribution in [0.2, 0.25) is 0 Å². The molecule has 0 amide bonds. The van der Waals surface area contributed by atoms with Crippen molar-refractivity contribution in [3.8, 4) is 34.1 Å². The number of nitrogens with zero attached hydrogens (tertiary/aromatic N) is 2. The largest absolute Gasteiger partial charge is 0.457 e. The van der Waals surface area contributed by atoms with Gasteiger partial charge in [0.1, 0.15) is 11.5 Å². The molecule has 66 heavy (non-hydrogen) atoms. The fourth-order valence-corrected chi connectivity index (χ4v) is 10.4. The summed E-state index contributed by atoms with van der Waals surface area (Å²) in [5.74, 6) is 6.11. The first kappa shape index (κ1) is 44.2. The van der Waals surface area contributed by atoms with Gasteiger partial charge in [-0.25, -0.2) is 0 Å². The van der Waals surface area contributed by atoms with E-state index in [1.165, 1.54) is 55.2 Å². The lowest BCUT2D eigenvalue weighted by Crippen LogP contribution is -2.28. The van der Waals surface area contributed by atoms with Gasteiger partial charge in [-0.2, -0.15) is 0 Å². The average Bonchev–Trinajstić information content (AvgIpc) is 3.86. The summed E-state index contributed by atoms with van der Waals surface area (Å²) in [5, 5.41) is 2.71. The van der Waals surface area contributed by atoms with Crippen molar-refractivity contribution in [3.05, 3.63) is 216 Å². The van der Waals surface area contributed by atoms with Crippen LogP contribution in [0.5, 0.6) is 23.0 Å². The first-order valence-corrected chi connectivity index (χ1v) is 23.8. The van der Waals surface area contributed by atoms with Gasteiger partial charge in [0, 0.05) is 56.9 Å². The molecule has 0 saturated carbocycles. The van der Waals surface area contributed by atoms with Crippen LogP contribution >= 0.6 is 0 Å².